The Morgan fingerprint density at radius 3 is 2.64 bits per heavy atom. The number of hydrogen-bond donors (Lipinski definition) is 0. The van der Waals surface area contributed by atoms with Crippen molar-refractivity contribution in [3.63, 3.8) is 0 Å². The van der Waals surface area contributed by atoms with Gasteiger partial charge in [0.1, 0.15) is 10.6 Å². The smallest absolute Gasteiger partial charge is 0.265 e. The first kappa shape index (κ1) is 19.2. The second-order valence-corrected chi connectivity index (χ2v) is 9.03. The molecule has 2 aromatic rings. The molecule has 11 heteroatoms. The van der Waals surface area contributed by atoms with Gasteiger partial charge in [0.15, 0.2) is 12.4 Å². The molecule has 9 nitrogen and oxygen atoms in total. The number of carbonyl (C=O) groups is 1. The standard InChI is InChI=1S/C17H19ClN4O5S/c1-11-19-16(20-27-11)9-22-13-7-12(18)15(8-14(13)26-10-17(22)23)28(24,25)21-5-3-2-4-6-21/h7-8H,2-6,9-10H2,1H3. The predicted molar refractivity (Wildman–Crippen MR) is 99.8 cm³/mol. The number of aryl methyl sites for hydroxylation is 1. The van der Waals surface area contributed by atoms with Crippen molar-refractivity contribution in [1.82, 2.24) is 14.4 Å². The lowest BCUT2D eigenvalue weighted by atomic mass is 10.2. The Balaban J connectivity index is 1.70. The van der Waals surface area contributed by atoms with Crippen LogP contribution in [0.3, 0.4) is 0 Å². The van der Waals surface area contributed by atoms with Crippen LogP contribution in [-0.2, 0) is 21.4 Å². The molecular formula is C17H19ClN4O5S. The fourth-order valence-electron chi connectivity index (χ4n) is 3.36. The summed E-state index contributed by atoms with van der Waals surface area (Å²) in [5.41, 5.74) is 0.376. The monoisotopic (exact) mass is 426 g/mol. The van der Waals surface area contributed by atoms with Crippen molar-refractivity contribution in [2.75, 3.05) is 24.6 Å². The highest BCUT2D eigenvalue weighted by atomic mass is 35.5. The molecule has 2 aliphatic heterocycles. The van der Waals surface area contributed by atoms with Crippen LogP contribution in [0.25, 0.3) is 0 Å². The van der Waals surface area contributed by atoms with Gasteiger partial charge in [0, 0.05) is 26.1 Å². The molecule has 0 bridgehead atoms. The van der Waals surface area contributed by atoms with Crippen LogP contribution in [-0.4, -0.2) is 48.5 Å². The van der Waals surface area contributed by atoms with Gasteiger partial charge < -0.3 is 9.26 Å². The topological polar surface area (TPSA) is 106 Å². The van der Waals surface area contributed by atoms with Gasteiger partial charge in [-0.25, -0.2) is 8.42 Å². The molecular weight excluding hydrogens is 408 g/mol. The minimum Gasteiger partial charge on any atom is -0.482 e. The van der Waals surface area contributed by atoms with Gasteiger partial charge in [0.2, 0.25) is 15.9 Å². The number of fused-ring (bicyclic) bond motifs is 1. The first-order valence-electron chi connectivity index (χ1n) is 8.92. The third-order valence-electron chi connectivity index (χ3n) is 4.76. The lowest BCUT2D eigenvalue weighted by Gasteiger charge is -2.30. The van der Waals surface area contributed by atoms with Crippen molar-refractivity contribution in [2.24, 2.45) is 0 Å². The fourth-order valence-corrected chi connectivity index (χ4v) is 5.39. The fraction of sp³-hybridized carbons (Fsp3) is 0.471. The third kappa shape index (κ3) is 3.47. The van der Waals surface area contributed by atoms with Crippen molar-refractivity contribution in [2.45, 2.75) is 37.6 Å². The summed E-state index contributed by atoms with van der Waals surface area (Å²) >= 11 is 6.34. The summed E-state index contributed by atoms with van der Waals surface area (Å²) < 4.78 is 37.9. The van der Waals surface area contributed by atoms with E-state index in [2.05, 4.69) is 10.1 Å². The van der Waals surface area contributed by atoms with Crippen LogP contribution in [0.2, 0.25) is 5.02 Å². The summed E-state index contributed by atoms with van der Waals surface area (Å²) in [6, 6.07) is 2.83. The number of carbonyl (C=O) groups excluding carboxylic acids is 1. The molecule has 1 aromatic heterocycles. The number of anilines is 1. The molecule has 3 heterocycles. The van der Waals surface area contributed by atoms with Gasteiger partial charge in [-0.15, -0.1) is 0 Å². The third-order valence-corrected chi connectivity index (χ3v) is 7.12. The maximum Gasteiger partial charge on any atom is 0.265 e. The summed E-state index contributed by atoms with van der Waals surface area (Å²) in [7, 11) is -3.73. The van der Waals surface area contributed by atoms with Crippen molar-refractivity contribution in [1.29, 1.82) is 0 Å². The highest BCUT2D eigenvalue weighted by Gasteiger charge is 2.33. The molecule has 28 heavy (non-hydrogen) atoms. The van der Waals surface area contributed by atoms with Crippen molar-refractivity contribution in [3.8, 4) is 5.75 Å². The van der Waals surface area contributed by atoms with E-state index in [-0.39, 0.29) is 34.7 Å². The number of piperidine rings is 1. The number of aromatic nitrogens is 2. The maximum atomic E-state index is 13.0. The quantitative estimate of drug-likeness (QED) is 0.737. The van der Waals surface area contributed by atoms with Gasteiger partial charge in [-0.1, -0.05) is 23.2 Å². The molecule has 0 unspecified atom stereocenters. The summed E-state index contributed by atoms with van der Waals surface area (Å²) in [4.78, 5) is 17.9. The van der Waals surface area contributed by atoms with Crippen LogP contribution in [0, 0.1) is 6.92 Å². The summed E-state index contributed by atoms with van der Waals surface area (Å²) in [6.45, 7) is 2.45. The van der Waals surface area contributed by atoms with Gasteiger partial charge in [0.05, 0.1) is 17.3 Å². The largest absolute Gasteiger partial charge is 0.482 e. The number of amides is 1. The molecule has 0 aliphatic carbocycles. The SMILES string of the molecule is Cc1nc(CN2C(=O)COc3cc(S(=O)(=O)N4CCCCC4)c(Cl)cc32)no1. The molecule has 0 N–H and O–H groups in total. The molecule has 150 valence electrons. The van der Waals surface area contributed by atoms with E-state index >= 15 is 0 Å². The summed E-state index contributed by atoms with van der Waals surface area (Å²) in [5.74, 6) is 0.689. The van der Waals surface area contributed by atoms with E-state index in [1.807, 2.05) is 0 Å². The van der Waals surface area contributed by atoms with Crippen molar-refractivity contribution in [3.05, 3.63) is 28.9 Å². The summed E-state index contributed by atoms with van der Waals surface area (Å²) in [5, 5.41) is 3.84. The van der Waals surface area contributed by atoms with E-state index < -0.39 is 10.0 Å². The van der Waals surface area contributed by atoms with Gasteiger partial charge in [-0.2, -0.15) is 9.29 Å². The molecule has 0 radical (unpaired) electrons. The van der Waals surface area contributed by atoms with Gasteiger partial charge in [-0.05, 0) is 18.9 Å². The lowest BCUT2D eigenvalue weighted by molar-refractivity contribution is -0.121. The number of hydrogen-bond acceptors (Lipinski definition) is 7. The van der Waals surface area contributed by atoms with Crippen LogP contribution in [0.4, 0.5) is 5.69 Å². The highest BCUT2D eigenvalue weighted by Crippen LogP contribution is 2.40. The Morgan fingerprint density at radius 2 is 1.96 bits per heavy atom. The minimum atomic E-state index is -3.73. The molecule has 1 saturated heterocycles. The second-order valence-electron chi connectivity index (χ2n) is 6.71. The minimum absolute atomic E-state index is 0.0143. The molecule has 1 aromatic carbocycles. The molecule has 1 amide bonds. The normalized spacial score (nSPS) is 18.1. The maximum absolute atomic E-state index is 13.0. The van der Waals surface area contributed by atoms with E-state index in [0.29, 0.717) is 30.5 Å². The molecule has 0 saturated carbocycles. The average molecular weight is 427 g/mol. The van der Waals surface area contributed by atoms with Crippen LogP contribution < -0.4 is 9.64 Å². The van der Waals surface area contributed by atoms with E-state index in [4.69, 9.17) is 20.9 Å². The van der Waals surface area contributed by atoms with E-state index in [1.165, 1.54) is 21.3 Å². The first-order chi connectivity index (χ1) is 13.4. The van der Waals surface area contributed by atoms with Crippen molar-refractivity contribution < 1.29 is 22.5 Å². The Kier molecular flexibility index (Phi) is 5.02. The number of rotatable bonds is 4. The molecule has 0 atom stereocenters. The average Bonchev–Trinajstić information content (AvgIpc) is 3.09. The zero-order valence-electron chi connectivity index (χ0n) is 15.2. The van der Waals surface area contributed by atoms with E-state index in [0.717, 1.165) is 19.3 Å². The number of halogens is 1. The van der Waals surface area contributed by atoms with Gasteiger partial charge in [0.25, 0.3) is 5.91 Å². The Labute approximate surface area is 167 Å². The Morgan fingerprint density at radius 1 is 1.21 bits per heavy atom. The number of nitrogens with zero attached hydrogens (tertiary/aromatic N) is 4. The molecule has 2 aliphatic rings. The molecule has 1 fully saturated rings. The second kappa shape index (κ2) is 7.34. The van der Waals surface area contributed by atoms with Crippen molar-refractivity contribution >= 4 is 33.2 Å². The number of ether oxygens (including phenoxy) is 1. The zero-order chi connectivity index (χ0) is 19.9. The number of benzene rings is 1. The predicted octanol–water partition coefficient (Wildman–Crippen LogP) is 2.13. The van der Waals surface area contributed by atoms with E-state index in [9.17, 15) is 13.2 Å². The van der Waals surface area contributed by atoms with Gasteiger partial charge >= 0.3 is 0 Å². The van der Waals surface area contributed by atoms with Crippen LogP contribution in [0.1, 0.15) is 31.0 Å². The Bertz CT molecular complexity index is 1020. The number of sulfonamides is 1. The zero-order valence-corrected chi connectivity index (χ0v) is 16.8. The lowest BCUT2D eigenvalue weighted by Crippen LogP contribution is -2.39. The highest BCUT2D eigenvalue weighted by molar-refractivity contribution is 7.89. The van der Waals surface area contributed by atoms with Crippen LogP contribution >= 0.6 is 11.6 Å². The summed E-state index contributed by atoms with van der Waals surface area (Å²) in [6.07, 6.45) is 2.66. The van der Waals surface area contributed by atoms with Gasteiger partial charge in [-0.3, -0.25) is 9.69 Å². The molecule has 0 spiro atoms. The Hall–Kier alpha value is -2.17. The molecule has 4 rings (SSSR count). The van der Waals surface area contributed by atoms with E-state index in [1.54, 1.807) is 6.92 Å². The van der Waals surface area contributed by atoms with Crippen LogP contribution in [0.5, 0.6) is 5.75 Å². The first-order valence-corrected chi connectivity index (χ1v) is 10.7. The van der Waals surface area contributed by atoms with Crippen LogP contribution in [0.15, 0.2) is 21.6 Å².